The molecule has 1 heterocycles. The van der Waals surface area contributed by atoms with Crippen LogP contribution in [0.4, 0.5) is 13.2 Å². The number of hydrogen-bond acceptors (Lipinski definition) is 6. The summed E-state index contributed by atoms with van der Waals surface area (Å²) in [5, 5.41) is 1.98. The zero-order chi connectivity index (χ0) is 30.0. The van der Waals surface area contributed by atoms with Crippen molar-refractivity contribution in [3.05, 3.63) is 120 Å². The molecule has 42 heavy (non-hydrogen) atoms. The highest BCUT2D eigenvalue weighted by Crippen LogP contribution is 2.33. The minimum atomic E-state index is -5.11. The fraction of sp³-hybridized carbons (Fsp3) is 0.344. The molecule has 1 saturated heterocycles. The first kappa shape index (κ1) is 31.4. The van der Waals surface area contributed by atoms with E-state index in [1.165, 1.54) is 13.2 Å². The first-order valence-corrected chi connectivity index (χ1v) is 13.4. The molecule has 1 N–H and O–H groups in total. The molecule has 10 heteroatoms. The predicted octanol–water partition coefficient (Wildman–Crippen LogP) is 5.35. The summed E-state index contributed by atoms with van der Waals surface area (Å²) in [5.74, 6) is -2.13. The second-order valence-corrected chi connectivity index (χ2v) is 9.72. The molecule has 1 amide bonds. The summed E-state index contributed by atoms with van der Waals surface area (Å²) < 4.78 is 70.6. The van der Waals surface area contributed by atoms with Gasteiger partial charge in [-0.05, 0) is 16.7 Å². The second kappa shape index (κ2) is 15.1. The van der Waals surface area contributed by atoms with Crippen LogP contribution >= 0.6 is 0 Å². The molecule has 224 valence electrons. The number of carbonyl (C=O) groups is 1. The van der Waals surface area contributed by atoms with E-state index in [9.17, 15) is 18.0 Å². The Morgan fingerprint density at radius 3 is 1.64 bits per heavy atom. The van der Waals surface area contributed by atoms with Gasteiger partial charge in [0.15, 0.2) is 6.29 Å². The van der Waals surface area contributed by atoms with Crippen molar-refractivity contribution in [2.45, 2.75) is 62.7 Å². The maximum Gasteiger partial charge on any atom is 0.471 e. The Bertz CT molecular complexity index is 1250. The van der Waals surface area contributed by atoms with E-state index in [0.29, 0.717) is 0 Å². The van der Waals surface area contributed by atoms with Gasteiger partial charge in [-0.15, -0.1) is 6.58 Å². The van der Waals surface area contributed by atoms with Gasteiger partial charge in [0.05, 0.1) is 25.9 Å². The van der Waals surface area contributed by atoms with E-state index in [4.69, 9.17) is 23.7 Å². The van der Waals surface area contributed by atoms with Gasteiger partial charge in [0, 0.05) is 7.11 Å². The summed E-state index contributed by atoms with van der Waals surface area (Å²) in [4.78, 5) is 12.0. The SMILES string of the molecule is C=CC(NC(=O)C(F)(F)F)[C@H]1O[C@H](OC)[C@@H](OCc2ccccc2)[C@@H](OCc2ccccc2)[C@@H]1OCc1ccccc1. The molecule has 3 aromatic rings. The molecule has 6 atom stereocenters. The van der Waals surface area contributed by atoms with Crippen molar-refractivity contribution in [2.75, 3.05) is 7.11 Å². The number of nitrogens with one attached hydrogen (secondary N) is 1. The van der Waals surface area contributed by atoms with E-state index >= 15 is 0 Å². The molecule has 0 aliphatic carbocycles. The van der Waals surface area contributed by atoms with Crippen LogP contribution in [0.3, 0.4) is 0 Å². The summed E-state index contributed by atoms with van der Waals surface area (Å²) in [6.45, 7) is 4.09. The van der Waals surface area contributed by atoms with Crippen LogP contribution in [0, 0.1) is 0 Å². The van der Waals surface area contributed by atoms with Crippen LogP contribution in [0.2, 0.25) is 0 Å². The van der Waals surface area contributed by atoms with Crippen molar-refractivity contribution in [1.82, 2.24) is 5.32 Å². The Morgan fingerprint density at radius 1 is 0.810 bits per heavy atom. The quantitative estimate of drug-likeness (QED) is 0.273. The minimum Gasteiger partial charge on any atom is -0.368 e. The Hall–Kier alpha value is -3.54. The van der Waals surface area contributed by atoms with Gasteiger partial charge in [0.2, 0.25) is 0 Å². The van der Waals surface area contributed by atoms with Gasteiger partial charge in [-0.3, -0.25) is 4.79 Å². The number of hydrogen-bond donors (Lipinski definition) is 1. The second-order valence-electron chi connectivity index (χ2n) is 9.72. The molecule has 1 fully saturated rings. The number of ether oxygens (including phenoxy) is 5. The summed E-state index contributed by atoms with van der Waals surface area (Å²) in [7, 11) is 1.40. The molecular formula is C32H34F3NO6. The van der Waals surface area contributed by atoms with Gasteiger partial charge < -0.3 is 29.0 Å². The molecule has 0 spiro atoms. The summed E-state index contributed by atoms with van der Waals surface area (Å²) >= 11 is 0. The van der Waals surface area contributed by atoms with Crippen molar-refractivity contribution < 1.29 is 41.7 Å². The molecular weight excluding hydrogens is 551 g/mol. The van der Waals surface area contributed by atoms with Crippen LogP contribution in [-0.2, 0) is 48.3 Å². The molecule has 1 aliphatic heterocycles. The number of alkyl halides is 3. The Labute approximate surface area is 243 Å². The van der Waals surface area contributed by atoms with Crippen LogP contribution in [-0.4, -0.2) is 55.9 Å². The predicted molar refractivity (Wildman–Crippen MR) is 149 cm³/mol. The highest BCUT2D eigenvalue weighted by Gasteiger charge is 2.52. The van der Waals surface area contributed by atoms with E-state index in [0.717, 1.165) is 16.7 Å². The Balaban J connectivity index is 1.68. The maximum absolute atomic E-state index is 13.2. The van der Waals surface area contributed by atoms with Crippen LogP contribution in [0.15, 0.2) is 104 Å². The van der Waals surface area contributed by atoms with Gasteiger partial charge in [-0.25, -0.2) is 0 Å². The van der Waals surface area contributed by atoms with Gasteiger partial charge in [-0.2, -0.15) is 13.2 Å². The van der Waals surface area contributed by atoms with Crippen LogP contribution in [0.5, 0.6) is 0 Å². The lowest BCUT2D eigenvalue weighted by molar-refractivity contribution is -0.320. The van der Waals surface area contributed by atoms with E-state index in [-0.39, 0.29) is 19.8 Å². The van der Waals surface area contributed by atoms with Crippen molar-refractivity contribution in [1.29, 1.82) is 0 Å². The molecule has 0 aromatic heterocycles. The number of rotatable bonds is 13. The lowest BCUT2D eigenvalue weighted by Gasteiger charge is -2.47. The van der Waals surface area contributed by atoms with Crippen molar-refractivity contribution in [3.63, 3.8) is 0 Å². The van der Waals surface area contributed by atoms with Crippen LogP contribution in [0.1, 0.15) is 16.7 Å². The molecule has 0 bridgehead atoms. The smallest absolute Gasteiger partial charge is 0.368 e. The lowest BCUT2D eigenvalue weighted by Crippen LogP contribution is -2.65. The topological polar surface area (TPSA) is 75.3 Å². The van der Waals surface area contributed by atoms with E-state index in [1.807, 2.05) is 96.3 Å². The first-order chi connectivity index (χ1) is 20.3. The fourth-order valence-electron chi connectivity index (χ4n) is 4.68. The first-order valence-electron chi connectivity index (χ1n) is 13.4. The van der Waals surface area contributed by atoms with Crippen molar-refractivity contribution in [3.8, 4) is 0 Å². The summed E-state index contributed by atoms with van der Waals surface area (Å²) in [6, 6.07) is 26.8. The maximum atomic E-state index is 13.2. The van der Waals surface area contributed by atoms with E-state index in [1.54, 1.807) is 0 Å². The van der Waals surface area contributed by atoms with E-state index in [2.05, 4.69) is 6.58 Å². The number of methoxy groups -OCH3 is 1. The van der Waals surface area contributed by atoms with Gasteiger partial charge >= 0.3 is 12.1 Å². The zero-order valence-electron chi connectivity index (χ0n) is 23.1. The normalized spacial score (nSPS) is 23.2. The number of carbonyl (C=O) groups excluding carboxylic acids is 1. The molecule has 3 aromatic carbocycles. The Morgan fingerprint density at radius 2 is 1.24 bits per heavy atom. The van der Waals surface area contributed by atoms with Gasteiger partial charge in [0.25, 0.3) is 0 Å². The van der Waals surface area contributed by atoms with Crippen molar-refractivity contribution in [2.24, 2.45) is 0 Å². The van der Waals surface area contributed by atoms with Crippen molar-refractivity contribution >= 4 is 5.91 Å². The largest absolute Gasteiger partial charge is 0.471 e. The number of amides is 1. The zero-order valence-corrected chi connectivity index (χ0v) is 23.1. The lowest BCUT2D eigenvalue weighted by atomic mass is 9.92. The highest BCUT2D eigenvalue weighted by molar-refractivity contribution is 5.82. The molecule has 0 saturated carbocycles. The summed E-state index contributed by atoms with van der Waals surface area (Å²) in [5.41, 5.74) is 2.58. The number of benzene rings is 3. The Kier molecular flexibility index (Phi) is 11.3. The van der Waals surface area contributed by atoms with Gasteiger partial charge in [0.1, 0.15) is 24.4 Å². The molecule has 1 aliphatic rings. The standard InChI is InChI=1S/C32H34F3NO6/c1-3-25(36-31(37)32(33,34)35)26-27(39-19-22-13-7-4-8-14-22)28(40-20-23-15-9-5-10-16-23)29(30(38-2)42-26)41-21-24-17-11-6-12-18-24/h3-18,25-30H,1,19-21H2,2H3,(H,36,37)/t25?,26-,27-,28+,29+,30+/m1/s1. The van der Waals surface area contributed by atoms with Crippen LogP contribution < -0.4 is 5.32 Å². The molecule has 4 rings (SSSR count). The third-order valence-electron chi connectivity index (χ3n) is 6.78. The van der Waals surface area contributed by atoms with Gasteiger partial charge in [-0.1, -0.05) is 97.1 Å². The number of halogens is 3. The average molecular weight is 586 g/mol. The summed E-state index contributed by atoms with van der Waals surface area (Å²) in [6.07, 6.45) is -8.90. The average Bonchev–Trinajstić information content (AvgIpc) is 3.01. The minimum absolute atomic E-state index is 0.0939. The molecule has 0 radical (unpaired) electrons. The highest BCUT2D eigenvalue weighted by atomic mass is 19.4. The third-order valence-corrected chi connectivity index (χ3v) is 6.78. The molecule has 7 nitrogen and oxygen atoms in total. The molecule has 1 unspecified atom stereocenters. The monoisotopic (exact) mass is 585 g/mol. The van der Waals surface area contributed by atoms with E-state index < -0.39 is 48.8 Å². The van der Waals surface area contributed by atoms with Crippen LogP contribution in [0.25, 0.3) is 0 Å². The third kappa shape index (κ3) is 8.50. The fourth-order valence-corrected chi connectivity index (χ4v) is 4.68.